The van der Waals surface area contributed by atoms with Crippen molar-refractivity contribution >= 4 is 16.7 Å². The molecule has 0 spiro atoms. The second kappa shape index (κ2) is 6.40. The van der Waals surface area contributed by atoms with Crippen LogP contribution in [0, 0.1) is 29.6 Å². The minimum absolute atomic E-state index is 0.0411. The summed E-state index contributed by atoms with van der Waals surface area (Å²) in [5.74, 6) is 3.58. The van der Waals surface area contributed by atoms with Gasteiger partial charge in [0.25, 0.3) is 0 Å². The summed E-state index contributed by atoms with van der Waals surface area (Å²) in [7, 11) is 0. The maximum absolute atomic E-state index is 12.7. The third kappa shape index (κ3) is 3.04. The summed E-state index contributed by atoms with van der Waals surface area (Å²) < 4.78 is 5.97. The SMILES string of the molecule is CC1C2CC(CC(=O)OC(C)(C)c3ccc4ccccc4c3)C(C2)C1C. The molecular weight excluding hydrogens is 320 g/mol. The van der Waals surface area contributed by atoms with Crippen molar-refractivity contribution in [2.75, 3.05) is 0 Å². The van der Waals surface area contributed by atoms with E-state index >= 15 is 0 Å². The van der Waals surface area contributed by atoms with Crippen LogP contribution in [0.2, 0.25) is 0 Å². The number of rotatable bonds is 4. The minimum atomic E-state index is -0.600. The van der Waals surface area contributed by atoms with Gasteiger partial charge in [-0.1, -0.05) is 50.2 Å². The van der Waals surface area contributed by atoms with Crippen LogP contribution in [0.15, 0.2) is 42.5 Å². The number of benzene rings is 2. The lowest BCUT2D eigenvalue weighted by Gasteiger charge is -2.32. The number of carbonyl (C=O) groups excluding carboxylic acids is 1. The van der Waals surface area contributed by atoms with Crippen molar-refractivity contribution in [2.24, 2.45) is 29.6 Å². The van der Waals surface area contributed by atoms with Gasteiger partial charge in [0.15, 0.2) is 0 Å². The first kappa shape index (κ1) is 17.6. The molecule has 2 heteroatoms. The number of fused-ring (bicyclic) bond motifs is 3. The molecule has 2 bridgehead atoms. The van der Waals surface area contributed by atoms with Crippen LogP contribution in [0.1, 0.15) is 52.5 Å². The molecule has 5 unspecified atom stereocenters. The molecular formula is C24H30O2. The molecule has 2 fully saturated rings. The van der Waals surface area contributed by atoms with Crippen LogP contribution >= 0.6 is 0 Å². The Balaban J connectivity index is 1.44. The fourth-order valence-corrected chi connectivity index (χ4v) is 5.49. The van der Waals surface area contributed by atoms with Gasteiger partial charge >= 0.3 is 5.97 Å². The second-order valence-electron chi connectivity index (χ2n) is 9.12. The molecule has 138 valence electrons. The first-order valence-corrected chi connectivity index (χ1v) is 10.1. The van der Waals surface area contributed by atoms with Crippen molar-refractivity contribution in [3.63, 3.8) is 0 Å². The highest BCUT2D eigenvalue weighted by atomic mass is 16.6. The van der Waals surface area contributed by atoms with Gasteiger partial charge in [-0.25, -0.2) is 0 Å². The molecule has 0 amide bonds. The normalized spacial score (nSPS) is 30.7. The molecule has 0 radical (unpaired) electrons. The summed E-state index contributed by atoms with van der Waals surface area (Å²) in [4.78, 5) is 12.7. The van der Waals surface area contributed by atoms with E-state index in [1.807, 2.05) is 26.0 Å². The third-order valence-electron chi connectivity index (χ3n) is 7.28. The van der Waals surface area contributed by atoms with Crippen LogP contribution in [-0.4, -0.2) is 5.97 Å². The Bertz CT molecular complexity index is 820. The van der Waals surface area contributed by atoms with E-state index in [1.54, 1.807) is 0 Å². The number of hydrogen-bond acceptors (Lipinski definition) is 2. The molecule has 26 heavy (non-hydrogen) atoms. The molecule has 2 nitrogen and oxygen atoms in total. The van der Waals surface area contributed by atoms with Crippen molar-refractivity contribution in [1.82, 2.24) is 0 Å². The lowest BCUT2D eigenvalue weighted by atomic mass is 9.74. The molecule has 0 heterocycles. The van der Waals surface area contributed by atoms with Crippen molar-refractivity contribution in [3.8, 4) is 0 Å². The van der Waals surface area contributed by atoms with Gasteiger partial charge in [0, 0.05) is 6.42 Å². The zero-order valence-corrected chi connectivity index (χ0v) is 16.4. The van der Waals surface area contributed by atoms with Crippen molar-refractivity contribution in [3.05, 3.63) is 48.0 Å². The predicted molar refractivity (Wildman–Crippen MR) is 106 cm³/mol. The van der Waals surface area contributed by atoms with Crippen LogP contribution in [0.5, 0.6) is 0 Å². The highest BCUT2D eigenvalue weighted by molar-refractivity contribution is 5.83. The van der Waals surface area contributed by atoms with Gasteiger partial charge in [-0.2, -0.15) is 0 Å². The van der Waals surface area contributed by atoms with E-state index in [-0.39, 0.29) is 5.97 Å². The molecule has 2 aliphatic rings. The topological polar surface area (TPSA) is 26.3 Å². The summed E-state index contributed by atoms with van der Waals surface area (Å²) in [6, 6.07) is 14.6. The first-order chi connectivity index (χ1) is 12.3. The second-order valence-corrected chi connectivity index (χ2v) is 9.12. The van der Waals surface area contributed by atoms with Crippen LogP contribution < -0.4 is 0 Å². The van der Waals surface area contributed by atoms with E-state index in [9.17, 15) is 4.79 Å². The number of ether oxygens (including phenoxy) is 1. The fourth-order valence-electron chi connectivity index (χ4n) is 5.49. The molecule has 2 aliphatic carbocycles. The molecule has 0 saturated heterocycles. The minimum Gasteiger partial charge on any atom is -0.455 e. The molecule has 5 atom stereocenters. The molecule has 2 saturated carbocycles. The van der Waals surface area contributed by atoms with E-state index in [2.05, 4.69) is 44.2 Å². The van der Waals surface area contributed by atoms with Gasteiger partial charge in [-0.3, -0.25) is 4.79 Å². The lowest BCUT2D eigenvalue weighted by Crippen LogP contribution is -2.30. The smallest absolute Gasteiger partial charge is 0.306 e. The summed E-state index contributed by atoms with van der Waals surface area (Å²) in [6.45, 7) is 8.75. The molecule has 4 rings (SSSR count). The van der Waals surface area contributed by atoms with Crippen molar-refractivity contribution in [1.29, 1.82) is 0 Å². The average Bonchev–Trinajstić information content (AvgIpc) is 3.13. The predicted octanol–water partition coefficient (Wildman–Crippen LogP) is 5.94. The molecule has 0 aromatic heterocycles. The Morgan fingerprint density at radius 3 is 2.46 bits per heavy atom. The van der Waals surface area contributed by atoms with E-state index in [4.69, 9.17) is 4.74 Å². The summed E-state index contributed by atoms with van der Waals surface area (Å²) in [6.07, 6.45) is 3.10. The summed E-state index contributed by atoms with van der Waals surface area (Å²) >= 11 is 0. The Morgan fingerprint density at radius 2 is 1.77 bits per heavy atom. The van der Waals surface area contributed by atoms with Crippen molar-refractivity contribution in [2.45, 2.75) is 52.6 Å². The zero-order valence-electron chi connectivity index (χ0n) is 16.4. The van der Waals surface area contributed by atoms with Gasteiger partial charge in [-0.15, -0.1) is 0 Å². The maximum atomic E-state index is 12.7. The molecule has 0 N–H and O–H groups in total. The molecule has 0 aliphatic heterocycles. The summed E-state index contributed by atoms with van der Waals surface area (Å²) in [5.41, 5.74) is 0.456. The highest BCUT2D eigenvalue weighted by Crippen LogP contribution is 2.56. The number of hydrogen-bond donors (Lipinski definition) is 0. The monoisotopic (exact) mass is 350 g/mol. The van der Waals surface area contributed by atoms with Crippen LogP contribution in [0.3, 0.4) is 0 Å². The van der Waals surface area contributed by atoms with E-state index < -0.39 is 5.60 Å². The fraction of sp³-hybridized carbons (Fsp3) is 0.542. The molecule has 2 aromatic carbocycles. The number of esters is 1. The van der Waals surface area contributed by atoms with E-state index in [0.29, 0.717) is 18.3 Å². The Labute approximate surface area is 156 Å². The quantitative estimate of drug-likeness (QED) is 0.638. The third-order valence-corrected chi connectivity index (χ3v) is 7.28. The van der Waals surface area contributed by atoms with Gasteiger partial charge in [0.2, 0.25) is 0 Å². The maximum Gasteiger partial charge on any atom is 0.306 e. The first-order valence-electron chi connectivity index (χ1n) is 10.1. The summed E-state index contributed by atoms with van der Waals surface area (Å²) in [5, 5.41) is 2.40. The van der Waals surface area contributed by atoms with Gasteiger partial charge in [-0.05, 0) is 78.7 Å². The average molecular weight is 351 g/mol. The van der Waals surface area contributed by atoms with Crippen molar-refractivity contribution < 1.29 is 9.53 Å². The van der Waals surface area contributed by atoms with Gasteiger partial charge in [0.05, 0.1) is 0 Å². The highest BCUT2D eigenvalue weighted by Gasteiger charge is 2.49. The van der Waals surface area contributed by atoms with Gasteiger partial charge < -0.3 is 4.74 Å². The number of carbonyl (C=O) groups is 1. The van der Waals surface area contributed by atoms with E-state index in [1.165, 1.54) is 23.6 Å². The van der Waals surface area contributed by atoms with Crippen LogP contribution in [0.25, 0.3) is 10.8 Å². The standard InChI is InChI=1S/C24H30O2/c1-15-16(2)22-13-19(15)11-20(22)14-23(25)26-24(3,4)21-10-9-17-7-5-6-8-18(17)12-21/h5-10,12,15-16,19-20,22H,11,13-14H2,1-4H3. The van der Waals surface area contributed by atoms with Crippen LogP contribution in [-0.2, 0) is 15.1 Å². The van der Waals surface area contributed by atoms with Crippen LogP contribution in [0.4, 0.5) is 0 Å². The Hall–Kier alpha value is -1.83. The van der Waals surface area contributed by atoms with Gasteiger partial charge in [0.1, 0.15) is 5.60 Å². The zero-order chi connectivity index (χ0) is 18.5. The lowest BCUT2D eigenvalue weighted by molar-refractivity contribution is -0.159. The largest absolute Gasteiger partial charge is 0.455 e. The Kier molecular flexibility index (Phi) is 4.33. The molecule has 2 aromatic rings. The Morgan fingerprint density at radius 1 is 1.04 bits per heavy atom. The van der Waals surface area contributed by atoms with E-state index in [0.717, 1.165) is 23.3 Å².